The zero-order chi connectivity index (χ0) is 20.6. The first-order chi connectivity index (χ1) is 13.6. The molecule has 0 aliphatic carbocycles. The zero-order valence-corrected chi connectivity index (χ0v) is 15.5. The summed E-state index contributed by atoms with van der Waals surface area (Å²) in [7, 11) is 0. The molecule has 0 amide bonds. The van der Waals surface area contributed by atoms with E-state index in [9.17, 15) is 19.2 Å². The molecule has 1 rings (SSSR count). The molecule has 1 atom stereocenters. The van der Waals surface area contributed by atoms with Gasteiger partial charge >= 0.3 is 11.9 Å². The molecule has 1 aromatic carbocycles. The summed E-state index contributed by atoms with van der Waals surface area (Å²) in [6.07, 6.45) is 6.19. The number of ether oxygens (including phenoxy) is 2. The van der Waals surface area contributed by atoms with Gasteiger partial charge in [0.15, 0.2) is 6.04 Å². The predicted octanol–water partition coefficient (Wildman–Crippen LogP) is 2.77. The summed E-state index contributed by atoms with van der Waals surface area (Å²) in [6, 6.07) is 5.93. The molecule has 0 heterocycles. The fraction of sp³-hybridized carbons (Fsp3) is 0.400. The van der Waals surface area contributed by atoms with E-state index in [1.165, 1.54) is 12.2 Å². The first-order valence-corrected chi connectivity index (χ1v) is 8.81. The Labute approximate surface area is 163 Å². The van der Waals surface area contributed by atoms with E-state index >= 15 is 0 Å². The number of unbranched alkanes of at least 4 members (excludes halogenated alkanes) is 1. The third-order valence-electron chi connectivity index (χ3n) is 3.66. The second kappa shape index (κ2) is 13.8. The Morgan fingerprint density at radius 2 is 1.86 bits per heavy atom. The Morgan fingerprint density at radius 1 is 1.11 bits per heavy atom. The number of rotatable bonds is 13. The SMILES string of the molecule is C=Cc1ccc(OC(=O)CCCOC(=O)C(CCCCN=C=O)N=C=O)cc1. The number of carbonyl (C=O) groups excluding carboxylic acids is 4. The molecule has 1 unspecified atom stereocenters. The Balaban J connectivity index is 2.29. The molecule has 8 heteroatoms. The highest BCUT2D eigenvalue weighted by molar-refractivity contribution is 5.77. The van der Waals surface area contributed by atoms with Crippen molar-refractivity contribution in [3.05, 3.63) is 36.4 Å². The quantitative estimate of drug-likeness (QED) is 0.169. The lowest BCUT2D eigenvalue weighted by molar-refractivity contribution is -0.146. The third-order valence-corrected chi connectivity index (χ3v) is 3.66. The van der Waals surface area contributed by atoms with Crippen LogP contribution in [0.3, 0.4) is 0 Å². The molecule has 0 N–H and O–H groups in total. The van der Waals surface area contributed by atoms with Gasteiger partial charge in [-0.2, -0.15) is 4.99 Å². The van der Waals surface area contributed by atoms with Crippen molar-refractivity contribution < 1.29 is 28.7 Å². The normalized spacial score (nSPS) is 10.7. The standard InChI is InChI=1S/C20H22N2O6/c1-2-16-8-10-17(11-9-16)28-19(25)7-5-13-27-20(26)18(22-15-24)6-3-4-12-21-14-23/h2,8-11,18H,1,3-7,12-13H2. The molecule has 8 nitrogen and oxygen atoms in total. The molecule has 0 bridgehead atoms. The number of hydrogen-bond acceptors (Lipinski definition) is 8. The van der Waals surface area contributed by atoms with Gasteiger partial charge in [-0.1, -0.05) is 24.8 Å². The van der Waals surface area contributed by atoms with E-state index in [1.807, 2.05) is 0 Å². The van der Waals surface area contributed by atoms with Gasteiger partial charge in [0.2, 0.25) is 12.2 Å². The summed E-state index contributed by atoms with van der Waals surface area (Å²) in [5.74, 6) is -0.678. The van der Waals surface area contributed by atoms with Gasteiger partial charge in [-0.05, 0) is 43.4 Å². The van der Waals surface area contributed by atoms with Crippen molar-refractivity contribution in [2.24, 2.45) is 9.98 Å². The third kappa shape index (κ3) is 9.38. The maximum absolute atomic E-state index is 11.9. The zero-order valence-electron chi connectivity index (χ0n) is 15.5. The fourth-order valence-corrected chi connectivity index (χ4v) is 2.21. The minimum Gasteiger partial charge on any atom is -0.464 e. The molecule has 0 saturated carbocycles. The van der Waals surface area contributed by atoms with Gasteiger partial charge in [0, 0.05) is 6.42 Å². The summed E-state index contributed by atoms with van der Waals surface area (Å²) >= 11 is 0. The minimum atomic E-state index is -0.951. The van der Waals surface area contributed by atoms with Gasteiger partial charge in [-0.15, -0.1) is 0 Å². The largest absolute Gasteiger partial charge is 0.464 e. The number of carbonyl (C=O) groups is 2. The second-order valence-electron chi connectivity index (χ2n) is 5.72. The maximum Gasteiger partial charge on any atom is 0.331 e. The van der Waals surface area contributed by atoms with E-state index in [-0.39, 0.29) is 25.9 Å². The van der Waals surface area contributed by atoms with Gasteiger partial charge in [-0.25, -0.2) is 19.4 Å². The first kappa shape index (κ1) is 22.7. The van der Waals surface area contributed by atoms with Crippen LogP contribution >= 0.6 is 0 Å². The second-order valence-corrected chi connectivity index (χ2v) is 5.72. The number of esters is 2. The summed E-state index contributed by atoms with van der Waals surface area (Å²) in [6.45, 7) is 3.95. The maximum atomic E-state index is 11.9. The van der Waals surface area contributed by atoms with Crippen LogP contribution in [0.5, 0.6) is 5.75 Å². The smallest absolute Gasteiger partial charge is 0.331 e. The predicted molar refractivity (Wildman–Crippen MR) is 101 cm³/mol. The summed E-state index contributed by atoms with van der Waals surface area (Å²) < 4.78 is 10.2. The van der Waals surface area contributed by atoms with E-state index in [2.05, 4.69) is 16.6 Å². The van der Waals surface area contributed by atoms with E-state index in [4.69, 9.17) is 9.47 Å². The van der Waals surface area contributed by atoms with Crippen molar-refractivity contribution in [1.29, 1.82) is 0 Å². The van der Waals surface area contributed by atoms with Crippen molar-refractivity contribution >= 4 is 30.2 Å². The van der Waals surface area contributed by atoms with Crippen LogP contribution in [0.15, 0.2) is 40.8 Å². The summed E-state index contributed by atoms with van der Waals surface area (Å²) in [5.41, 5.74) is 0.913. The average molecular weight is 386 g/mol. The monoisotopic (exact) mass is 386 g/mol. The van der Waals surface area contributed by atoms with Crippen LogP contribution in [0.1, 0.15) is 37.7 Å². The van der Waals surface area contributed by atoms with Crippen LogP contribution in [0, 0.1) is 0 Å². The minimum absolute atomic E-state index is 0.00362. The lowest BCUT2D eigenvalue weighted by Crippen LogP contribution is -2.22. The Morgan fingerprint density at radius 3 is 2.50 bits per heavy atom. The van der Waals surface area contributed by atoms with Crippen LogP contribution < -0.4 is 4.74 Å². The molecule has 0 radical (unpaired) electrons. The molecule has 0 spiro atoms. The van der Waals surface area contributed by atoms with Crippen LogP contribution in [0.2, 0.25) is 0 Å². The van der Waals surface area contributed by atoms with E-state index in [1.54, 1.807) is 30.3 Å². The van der Waals surface area contributed by atoms with Crippen LogP contribution in [0.4, 0.5) is 0 Å². The van der Waals surface area contributed by atoms with Crippen molar-refractivity contribution in [3.8, 4) is 5.75 Å². The molecule has 1 aromatic rings. The molecule has 0 fully saturated rings. The highest BCUT2D eigenvalue weighted by atomic mass is 16.5. The summed E-state index contributed by atoms with van der Waals surface area (Å²) in [4.78, 5) is 51.0. The molecule has 0 aliphatic heterocycles. The molecular formula is C20H22N2O6. The number of hydrogen-bond donors (Lipinski definition) is 0. The molecular weight excluding hydrogens is 364 g/mol. The van der Waals surface area contributed by atoms with E-state index < -0.39 is 18.0 Å². The van der Waals surface area contributed by atoms with Gasteiger partial charge in [0.1, 0.15) is 5.75 Å². The van der Waals surface area contributed by atoms with E-state index in [0.717, 1.165) is 5.56 Å². The van der Waals surface area contributed by atoms with Crippen LogP contribution in [-0.2, 0) is 23.9 Å². The molecule has 0 aliphatic rings. The van der Waals surface area contributed by atoms with Gasteiger partial charge < -0.3 is 9.47 Å². The molecule has 28 heavy (non-hydrogen) atoms. The lowest BCUT2D eigenvalue weighted by Gasteiger charge is -2.10. The van der Waals surface area contributed by atoms with Crippen LogP contribution in [0.25, 0.3) is 6.08 Å². The van der Waals surface area contributed by atoms with Gasteiger partial charge in [0.25, 0.3) is 0 Å². The van der Waals surface area contributed by atoms with Gasteiger partial charge in [0.05, 0.1) is 13.2 Å². The number of isocyanates is 2. The Kier molecular flexibility index (Phi) is 11.2. The number of benzene rings is 1. The highest BCUT2D eigenvalue weighted by Crippen LogP contribution is 2.14. The Bertz CT molecular complexity index is 746. The van der Waals surface area contributed by atoms with Crippen molar-refractivity contribution in [2.45, 2.75) is 38.1 Å². The molecule has 0 saturated heterocycles. The van der Waals surface area contributed by atoms with Crippen molar-refractivity contribution in [3.63, 3.8) is 0 Å². The van der Waals surface area contributed by atoms with Crippen LogP contribution in [-0.4, -0.2) is 43.3 Å². The number of aliphatic imine (C=N–C) groups is 2. The lowest BCUT2D eigenvalue weighted by atomic mass is 10.1. The highest BCUT2D eigenvalue weighted by Gasteiger charge is 2.19. The van der Waals surface area contributed by atoms with Gasteiger partial charge in [-0.3, -0.25) is 4.79 Å². The fourth-order valence-electron chi connectivity index (χ4n) is 2.21. The first-order valence-electron chi connectivity index (χ1n) is 8.81. The van der Waals surface area contributed by atoms with E-state index in [0.29, 0.717) is 25.1 Å². The molecule has 0 aromatic heterocycles. The topological polar surface area (TPSA) is 111 Å². The Hall–Kier alpha value is -3.34. The average Bonchev–Trinajstić information content (AvgIpc) is 2.70. The van der Waals surface area contributed by atoms with Crippen molar-refractivity contribution in [2.75, 3.05) is 13.2 Å². The number of nitrogens with zero attached hydrogens (tertiary/aromatic N) is 2. The summed E-state index contributed by atoms with van der Waals surface area (Å²) in [5, 5.41) is 0. The van der Waals surface area contributed by atoms with Crippen molar-refractivity contribution in [1.82, 2.24) is 0 Å². The molecule has 148 valence electrons.